The molecule has 10 nitrogen and oxygen atoms in total. The van der Waals surface area contributed by atoms with Gasteiger partial charge in [-0.3, -0.25) is 9.69 Å². The maximum absolute atomic E-state index is 13.3. The maximum atomic E-state index is 13.3. The summed E-state index contributed by atoms with van der Waals surface area (Å²) >= 11 is 0. The van der Waals surface area contributed by atoms with Gasteiger partial charge in [0.1, 0.15) is 5.75 Å². The van der Waals surface area contributed by atoms with E-state index < -0.39 is 33.3 Å². The molecule has 2 heterocycles. The highest BCUT2D eigenvalue weighted by Crippen LogP contribution is 2.63. The second-order valence-corrected chi connectivity index (χ2v) is 15.6. The quantitative estimate of drug-likeness (QED) is 0.352. The number of benzene rings is 2. The van der Waals surface area contributed by atoms with E-state index in [1.807, 2.05) is 32.9 Å². The number of rotatable bonds is 6. The number of amides is 2. The van der Waals surface area contributed by atoms with Crippen molar-refractivity contribution in [2.75, 3.05) is 21.2 Å². The van der Waals surface area contributed by atoms with E-state index in [2.05, 4.69) is 21.4 Å². The van der Waals surface area contributed by atoms with Crippen molar-refractivity contribution in [3.63, 3.8) is 0 Å². The summed E-state index contributed by atoms with van der Waals surface area (Å²) in [5, 5.41) is 11.6. The van der Waals surface area contributed by atoms with Gasteiger partial charge in [0.25, 0.3) is 5.91 Å². The molecule has 3 aliphatic rings. The van der Waals surface area contributed by atoms with Crippen LogP contribution < -0.4 is 9.46 Å². The van der Waals surface area contributed by atoms with Gasteiger partial charge < -0.3 is 14.4 Å². The molecule has 1 aromatic heterocycles. The lowest BCUT2D eigenvalue weighted by atomic mass is 9.81. The molecule has 2 atom stereocenters. The molecule has 2 N–H and O–H groups in total. The van der Waals surface area contributed by atoms with Gasteiger partial charge in [-0.15, -0.1) is 0 Å². The summed E-state index contributed by atoms with van der Waals surface area (Å²) in [6, 6.07) is 11.5. The molecule has 44 heavy (non-hydrogen) atoms. The fraction of sp³-hybridized carbons (Fsp3) is 0.515. The monoisotopic (exact) mass is 622 g/mol. The van der Waals surface area contributed by atoms with Crippen molar-refractivity contribution < 1.29 is 27.9 Å². The van der Waals surface area contributed by atoms with Crippen LogP contribution in [0.3, 0.4) is 0 Å². The molecular formula is C33H42N4O6S. The summed E-state index contributed by atoms with van der Waals surface area (Å²) < 4.78 is 36.0. The van der Waals surface area contributed by atoms with Crippen molar-refractivity contribution in [2.45, 2.75) is 88.8 Å². The predicted molar refractivity (Wildman–Crippen MR) is 170 cm³/mol. The summed E-state index contributed by atoms with van der Waals surface area (Å²) in [4.78, 5) is 27.8. The molecule has 2 aromatic carbocycles. The van der Waals surface area contributed by atoms with Gasteiger partial charge in [0.15, 0.2) is 0 Å². The fourth-order valence-electron chi connectivity index (χ4n) is 7.82. The third-order valence-corrected chi connectivity index (χ3v) is 11.2. The van der Waals surface area contributed by atoms with E-state index in [0.717, 1.165) is 63.5 Å². The first-order valence-corrected chi connectivity index (χ1v) is 16.8. The van der Waals surface area contributed by atoms with Crippen LogP contribution in [0.2, 0.25) is 0 Å². The topological polar surface area (TPSA) is 121 Å². The van der Waals surface area contributed by atoms with E-state index >= 15 is 0 Å². The Labute approximate surface area is 259 Å². The average molecular weight is 623 g/mol. The van der Waals surface area contributed by atoms with Crippen LogP contribution in [-0.2, 0) is 16.8 Å². The standard InChI is InChI=1S/C33H42N4O6S/c1-32(2,3)37(31(39)40)33-18-26(33)25-17-22(43-6)13-15-23(25)29-28(20-10-8-7-9-11-20)24-14-12-21(16-27(24)36(29)19-33)30(38)34-44(41,42)35(4)5/h12-17,20,26H,7-11,18-19H2,1-6H3,(H,34,38)(H,39,40). The van der Waals surface area contributed by atoms with Crippen LogP contribution in [0.5, 0.6) is 5.75 Å². The number of ether oxygens (including phenoxy) is 1. The van der Waals surface area contributed by atoms with Crippen molar-refractivity contribution in [3.05, 3.63) is 53.1 Å². The Bertz CT molecular complexity index is 1770. The van der Waals surface area contributed by atoms with Gasteiger partial charge in [0.05, 0.1) is 18.3 Å². The summed E-state index contributed by atoms with van der Waals surface area (Å²) in [6.45, 7) is 6.20. The number of fused-ring (bicyclic) bond motifs is 7. The van der Waals surface area contributed by atoms with E-state index in [1.165, 1.54) is 26.1 Å². The Morgan fingerprint density at radius 3 is 2.39 bits per heavy atom. The normalized spacial score (nSPS) is 21.7. The minimum atomic E-state index is -3.99. The van der Waals surface area contributed by atoms with E-state index in [0.29, 0.717) is 18.9 Å². The van der Waals surface area contributed by atoms with Gasteiger partial charge in [0, 0.05) is 54.1 Å². The number of methoxy groups -OCH3 is 1. The van der Waals surface area contributed by atoms with Crippen molar-refractivity contribution in [1.29, 1.82) is 0 Å². The zero-order chi connectivity index (χ0) is 31.8. The SMILES string of the molecule is COc1ccc2c(c1)C1CC1(N(C(=O)O)C(C)(C)C)Cn1c-2c(C2CCCCC2)c2ccc(C(=O)NS(=O)(=O)N(C)C)cc21. The zero-order valence-electron chi connectivity index (χ0n) is 26.3. The predicted octanol–water partition coefficient (Wildman–Crippen LogP) is 5.92. The minimum absolute atomic E-state index is 0.0335. The Balaban J connectivity index is 1.63. The number of nitrogens with zero attached hydrogens (tertiary/aromatic N) is 3. The van der Waals surface area contributed by atoms with E-state index in [1.54, 1.807) is 24.1 Å². The third kappa shape index (κ3) is 4.84. The molecule has 0 saturated heterocycles. The molecule has 2 amide bonds. The number of aromatic nitrogens is 1. The Kier molecular flexibility index (Phi) is 7.28. The Morgan fingerprint density at radius 2 is 1.77 bits per heavy atom. The second-order valence-electron chi connectivity index (χ2n) is 13.7. The first-order valence-electron chi connectivity index (χ1n) is 15.3. The van der Waals surface area contributed by atoms with Crippen LogP contribution in [0.15, 0.2) is 36.4 Å². The average Bonchev–Trinajstić information content (AvgIpc) is 3.59. The largest absolute Gasteiger partial charge is 0.497 e. The highest BCUT2D eigenvalue weighted by molar-refractivity contribution is 7.87. The zero-order valence-corrected chi connectivity index (χ0v) is 27.1. The smallest absolute Gasteiger partial charge is 0.408 e. The van der Waals surface area contributed by atoms with Crippen molar-refractivity contribution in [3.8, 4) is 17.0 Å². The first-order chi connectivity index (χ1) is 20.7. The molecule has 11 heteroatoms. The Hall–Kier alpha value is -3.57. The number of hydrogen-bond acceptors (Lipinski definition) is 5. The van der Waals surface area contributed by atoms with Crippen molar-refractivity contribution in [1.82, 2.24) is 18.5 Å². The third-order valence-electron chi connectivity index (χ3n) is 9.76. The molecule has 1 aliphatic heterocycles. The lowest BCUT2D eigenvalue weighted by Gasteiger charge is -2.41. The number of carbonyl (C=O) groups excluding carboxylic acids is 1. The summed E-state index contributed by atoms with van der Waals surface area (Å²) in [5.41, 5.74) is 4.10. The highest BCUT2D eigenvalue weighted by Gasteiger charge is 2.65. The summed E-state index contributed by atoms with van der Waals surface area (Å²) in [5.74, 6) is 0.297. The summed E-state index contributed by atoms with van der Waals surface area (Å²) in [7, 11) is 0.387. The lowest BCUT2D eigenvalue weighted by Crippen LogP contribution is -2.55. The van der Waals surface area contributed by atoms with Gasteiger partial charge >= 0.3 is 16.3 Å². The molecule has 6 rings (SSSR count). The van der Waals surface area contributed by atoms with Gasteiger partial charge in [-0.25, -0.2) is 9.52 Å². The van der Waals surface area contributed by atoms with Gasteiger partial charge in [-0.2, -0.15) is 12.7 Å². The van der Waals surface area contributed by atoms with Crippen LogP contribution in [0.4, 0.5) is 4.79 Å². The molecule has 2 unspecified atom stereocenters. The van der Waals surface area contributed by atoms with Crippen LogP contribution >= 0.6 is 0 Å². The van der Waals surface area contributed by atoms with Gasteiger partial charge in [-0.05, 0) is 87.4 Å². The molecular weight excluding hydrogens is 580 g/mol. The molecule has 3 aromatic rings. The number of carboxylic acid groups (broad SMARTS) is 1. The molecule has 0 spiro atoms. The fourth-order valence-corrected chi connectivity index (χ4v) is 8.36. The molecule has 2 fully saturated rings. The maximum Gasteiger partial charge on any atom is 0.408 e. The van der Waals surface area contributed by atoms with E-state index in [9.17, 15) is 23.1 Å². The van der Waals surface area contributed by atoms with Crippen LogP contribution in [0.1, 0.15) is 92.6 Å². The van der Waals surface area contributed by atoms with E-state index in [4.69, 9.17) is 4.74 Å². The van der Waals surface area contributed by atoms with Crippen LogP contribution in [0.25, 0.3) is 22.2 Å². The molecule has 2 aliphatic carbocycles. The second kappa shape index (κ2) is 10.5. The number of carbonyl (C=O) groups is 2. The number of hydrogen-bond donors (Lipinski definition) is 2. The molecule has 0 bridgehead atoms. The molecule has 236 valence electrons. The van der Waals surface area contributed by atoms with Crippen LogP contribution in [-0.4, -0.2) is 71.6 Å². The Morgan fingerprint density at radius 1 is 1.07 bits per heavy atom. The molecule has 0 radical (unpaired) electrons. The highest BCUT2D eigenvalue weighted by atomic mass is 32.2. The number of nitrogens with one attached hydrogen (secondary N) is 1. The van der Waals surface area contributed by atoms with Gasteiger partial charge in [-0.1, -0.05) is 25.3 Å². The van der Waals surface area contributed by atoms with E-state index in [-0.39, 0.29) is 11.5 Å². The van der Waals surface area contributed by atoms with Crippen molar-refractivity contribution >= 4 is 33.1 Å². The van der Waals surface area contributed by atoms with Crippen LogP contribution in [0, 0.1) is 0 Å². The minimum Gasteiger partial charge on any atom is -0.497 e. The summed E-state index contributed by atoms with van der Waals surface area (Å²) in [6.07, 6.45) is 5.28. The molecule has 2 saturated carbocycles. The van der Waals surface area contributed by atoms with Gasteiger partial charge in [0.2, 0.25) is 0 Å². The first kappa shape index (κ1) is 30.5. The lowest BCUT2D eigenvalue weighted by molar-refractivity contribution is 0.0523. The van der Waals surface area contributed by atoms with Crippen molar-refractivity contribution in [2.24, 2.45) is 0 Å².